The Morgan fingerprint density at radius 1 is 1.07 bits per heavy atom. The maximum atomic E-state index is 15.5. The molecule has 0 saturated carbocycles. The molecule has 0 radical (unpaired) electrons. The van der Waals surface area contributed by atoms with Crippen LogP contribution in [0.25, 0.3) is 0 Å². The number of hydrogen-bond donors (Lipinski definition) is 1. The maximum absolute atomic E-state index is 15.5. The Hall–Kier alpha value is -3.67. The fourth-order valence-corrected chi connectivity index (χ4v) is 5.76. The molecule has 2 fully saturated rings. The minimum atomic E-state index is -10.2. The second-order valence-corrected chi connectivity index (χ2v) is 14.4. The molecule has 0 bridgehead atoms. The number of likely N-dealkylation sites (tertiary alicyclic amines) is 1. The van der Waals surface area contributed by atoms with Gasteiger partial charge in [0.15, 0.2) is 6.04 Å². The number of carbonyl (C=O) groups is 3. The predicted octanol–water partition coefficient (Wildman–Crippen LogP) is 6.89. The zero-order valence-corrected chi connectivity index (χ0v) is 25.6. The molecule has 256 valence electrons. The highest BCUT2D eigenvalue weighted by Crippen LogP contribution is 3.02. The number of benzene rings is 1. The van der Waals surface area contributed by atoms with Crippen molar-refractivity contribution >= 4 is 33.8 Å². The highest BCUT2D eigenvalue weighted by molar-refractivity contribution is 8.45. The van der Waals surface area contributed by atoms with Crippen molar-refractivity contribution in [1.82, 2.24) is 15.2 Å². The van der Waals surface area contributed by atoms with E-state index in [2.05, 4.69) is 10.3 Å². The van der Waals surface area contributed by atoms with Gasteiger partial charge in [0.05, 0.1) is 6.20 Å². The molecule has 0 spiro atoms. The van der Waals surface area contributed by atoms with Crippen LogP contribution < -0.4 is 10.2 Å². The Balaban J connectivity index is 1.90. The number of amides is 3. The third kappa shape index (κ3) is 8.18. The number of nitrogens with zero attached hydrogens (tertiary/aromatic N) is 3. The average Bonchev–Trinajstić information content (AvgIpc) is 3.24. The SMILES string of the molecule is CC(C)(C)OC(=O)N1CCC(F)(F)C1C(=O)N(c1ccc(S(F)(F)(F)(F)F)cc1)C(C(=O)NC1CCOCC1)c1cncc(F)c1. The lowest BCUT2D eigenvalue weighted by atomic mass is 10.0. The van der Waals surface area contributed by atoms with Crippen LogP contribution in [0.4, 0.5) is 43.1 Å². The molecule has 2 atom stereocenters. The first kappa shape index (κ1) is 35.2. The Morgan fingerprint density at radius 2 is 1.67 bits per heavy atom. The summed E-state index contributed by atoms with van der Waals surface area (Å²) in [5.74, 6) is -7.72. The lowest BCUT2D eigenvalue weighted by Crippen LogP contribution is -2.57. The second-order valence-electron chi connectivity index (χ2n) is 12.0. The molecule has 18 heteroatoms. The third-order valence-electron chi connectivity index (χ3n) is 7.17. The zero-order chi connectivity index (χ0) is 34.4. The number of aromatic nitrogens is 1. The Bertz CT molecular complexity index is 1480. The van der Waals surface area contributed by atoms with Crippen molar-refractivity contribution < 1.29 is 56.5 Å². The number of carbonyl (C=O) groups excluding carboxylic acids is 3. The highest BCUT2D eigenvalue weighted by Gasteiger charge is 2.65. The van der Waals surface area contributed by atoms with Gasteiger partial charge in [-0.1, -0.05) is 19.4 Å². The van der Waals surface area contributed by atoms with E-state index in [1.54, 1.807) is 0 Å². The van der Waals surface area contributed by atoms with Crippen LogP contribution in [0.3, 0.4) is 0 Å². The molecule has 4 rings (SSSR count). The van der Waals surface area contributed by atoms with E-state index in [1.807, 2.05) is 0 Å². The molecule has 2 unspecified atom stereocenters. The first-order chi connectivity index (χ1) is 21.0. The number of hydrogen-bond acceptors (Lipinski definition) is 6. The standard InChI is InChI=1S/C28H32F8N4O5S/c1-27(2,3)45-26(43)39-11-10-28(30,31)23(39)25(42)40(20-4-6-21(7-5-20)46(32,33,34,35)36)22(17-14-18(29)16-37-15-17)24(41)38-19-8-12-44-13-9-19/h4-7,14-16,19,22-23H,8-13H2,1-3H3,(H,38,41). The van der Waals surface area contributed by atoms with Gasteiger partial charge in [0.25, 0.3) is 11.8 Å². The summed E-state index contributed by atoms with van der Waals surface area (Å²) < 4.78 is 124. The molecular formula is C28H32F8N4O5S. The summed E-state index contributed by atoms with van der Waals surface area (Å²) >= 11 is 0. The number of nitrogens with one attached hydrogen (secondary N) is 1. The van der Waals surface area contributed by atoms with Crippen molar-refractivity contribution in [3.05, 3.63) is 54.1 Å². The van der Waals surface area contributed by atoms with Crippen molar-refractivity contribution in [2.75, 3.05) is 24.7 Å². The van der Waals surface area contributed by atoms with Gasteiger partial charge in [-0.3, -0.25) is 24.4 Å². The molecule has 2 aliphatic rings. The van der Waals surface area contributed by atoms with Crippen molar-refractivity contribution in [2.24, 2.45) is 0 Å². The summed E-state index contributed by atoms with van der Waals surface area (Å²) in [6.07, 6.45) is -0.102. The Morgan fingerprint density at radius 3 is 2.22 bits per heavy atom. The molecule has 2 aliphatic heterocycles. The quantitative estimate of drug-likeness (QED) is 0.318. The number of anilines is 1. The summed E-state index contributed by atoms with van der Waals surface area (Å²) in [4.78, 5) is 43.2. The van der Waals surface area contributed by atoms with E-state index in [0.29, 0.717) is 34.8 Å². The summed E-state index contributed by atoms with van der Waals surface area (Å²) in [5, 5.41) is 2.62. The maximum Gasteiger partial charge on any atom is 0.411 e. The van der Waals surface area contributed by atoms with Gasteiger partial charge in [-0.05, 0) is 63.9 Å². The van der Waals surface area contributed by atoms with Gasteiger partial charge in [0, 0.05) is 49.7 Å². The fourth-order valence-electron chi connectivity index (χ4n) is 5.11. The summed E-state index contributed by atoms with van der Waals surface area (Å²) in [7, 11) is -10.2. The van der Waals surface area contributed by atoms with Crippen molar-refractivity contribution in [3.8, 4) is 0 Å². The minimum Gasteiger partial charge on any atom is -0.444 e. The number of pyridine rings is 1. The zero-order valence-electron chi connectivity index (χ0n) is 24.8. The normalized spacial score (nSPS) is 21.1. The minimum absolute atomic E-state index is 0.0626. The van der Waals surface area contributed by atoms with Crippen LogP contribution in [0.15, 0.2) is 47.6 Å². The van der Waals surface area contributed by atoms with E-state index in [0.717, 1.165) is 18.5 Å². The summed E-state index contributed by atoms with van der Waals surface area (Å²) in [6.45, 7) is 4.10. The van der Waals surface area contributed by atoms with Gasteiger partial charge in [0.1, 0.15) is 22.4 Å². The second kappa shape index (κ2) is 11.5. The largest absolute Gasteiger partial charge is 0.444 e. The smallest absolute Gasteiger partial charge is 0.411 e. The molecule has 1 aromatic carbocycles. The molecule has 2 aromatic rings. The first-order valence-electron chi connectivity index (χ1n) is 14.0. The third-order valence-corrected chi connectivity index (χ3v) is 8.34. The van der Waals surface area contributed by atoms with Crippen LogP contribution in [-0.4, -0.2) is 71.2 Å². The van der Waals surface area contributed by atoms with Gasteiger partial charge in [0.2, 0.25) is 5.91 Å². The van der Waals surface area contributed by atoms with Crippen LogP contribution >= 0.6 is 10.2 Å². The Kier molecular flexibility index (Phi) is 8.83. The van der Waals surface area contributed by atoms with Crippen molar-refractivity contribution in [1.29, 1.82) is 0 Å². The highest BCUT2D eigenvalue weighted by atomic mass is 32.5. The molecule has 1 N–H and O–H groups in total. The number of ether oxygens (including phenoxy) is 2. The van der Waals surface area contributed by atoms with Crippen molar-refractivity contribution in [3.63, 3.8) is 0 Å². The van der Waals surface area contributed by atoms with E-state index in [4.69, 9.17) is 9.47 Å². The van der Waals surface area contributed by atoms with Crippen LogP contribution in [0, 0.1) is 5.82 Å². The van der Waals surface area contributed by atoms with E-state index >= 15 is 8.78 Å². The van der Waals surface area contributed by atoms with Gasteiger partial charge < -0.3 is 14.8 Å². The van der Waals surface area contributed by atoms with Crippen LogP contribution in [0.5, 0.6) is 0 Å². The van der Waals surface area contributed by atoms with E-state index < -0.39 is 87.1 Å². The monoisotopic (exact) mass is 688 g/mol. The predicted molar refractivity (Wildman–Crippen MR) is 151 cm³/mol. The van der Waals surface area contributed by atoms with E-state index in [1.165, 1.54) is 20.8 Å². The summed E-state index contributed by atoms with van der Waals surface area (Å²) in [5.41, 5.74) is -2.29. The first-order valence-corrected chi connectivity index (χ1v) is 16.0. The fraction of sp³-hybridized carbons (Fsp3) is 0.500. The molecule has 46 heavy (non-hydrogen) atoms. The Labute approximate surface area is 258 Å². The molecule has 3 heterocycles. The lowest BCUT2D eigenvalue weighted by Gasteiger charge is -2.41. The van der Waals surface area contributed by atoms with Gasteiger partial charge in [-0.25, -0.2) is 18.0 Å². The molecule has 3 amide bonds. The number of halogens is 8. The number of alkyl halides is 2. The van der Waals surface area contributed by atoms with Crippen LogP contribution in [0.2, 0.25) is 0 Å². The average molecular weight is 689 g/mol. The molecule has 9 nitrogen and oxygen atoms in total. The number of rotatable bonds is 7. The van der Waals surface area contributed by atoms with E-state index in [-0.39, 0.29) is 30.9 Å². The van der Waals surface area contributed by atoms with Crippen LogP contribution in [-0.2, 0) is 19.1 Å². The molecule has 1 aromatic heterocycles. The van der Waals surface area contributed by atoms with Gasteiger partial charge in [-0.15, -0.1) is 0 Å². The lowest BCUT2D eigenvalue weighted by molar-refractivity contribution is -0.136. The summed E-state index contributed by atoms with van der Waals surface area (Å²) in [6, 6.07) is -3.86. The van der Waals surface area contributed by atoms with Crippen molar-refractivity contribution in [2.45, 2.75) is 74.6 Å². The van der Waals surface area contributed by atoms with Crippen LogP contribution in [0.1, 0.15) is 51.6 Å². The molecule has 0 aliphatic carbocycles. The topological polar surface area (TPSA) is 101 Å². The molecular weight excluding hydrogens is 656 g/mol. The van der Waals surface area contributed by atoms with Gasteiger partial charge >= 0.3 is 16.3 Å². The van der Waals surface area contributed by atoms with Gasteiger partial charge in [-0.2, -0.15) is 0 Å². The molecule has 2 saturated heterocycles. The van der Waals surface area contributed by atoms with E-state index in [9.17, 15) is 38.2 Å².